The first-order valence-corrected chi connectivity index (χ1v) is 18.6. The molecule has 0 atom stereocenters. The Morgan fingerprint density at radius 2 is 0.800 bits per heavy atom. The second-order valence-electron chi connectivity index (χ2n) is 14.0. The molecule has 12 nitrogen and oxygen atoms in total. The van der Waals surface area contributed by atoms with E-state index < -0.39 is 23.9 Å². The van der Waals surface area contributed by atoms with Crippen LogP contribution in [-0.2, 0) is 0 Å². The molecule has 1 aromatic heterocycles. The van der Waals surface area contributed by atoms with Gasteiger partial charge in [0.2, 0.25) is 0 Å². The molecule has 4 aliphatic rings. The minimum atomic E-state index is -1.17. The molecule has 0 fully saturated rings. The lowest BCUT2D eigenvalue weighted by Crippen LogP contribution is -2.22. The van der Waals surface area contributed by atoms with E-state index in [2.05, 4.69) is 4.98 Å². The number of aromatic carboxylic acids is 4. The summed E-state index contributed by atoms with van der Waals surface area (Å²) in [6, 6.07) is 29.5. The Labute approximate surface area is 340 Å². The Kier molecular flexibility index (Phi) is 9.13. The molecule has 0 unspecified atom stereocenters. The van der Waals surface area contributed by atoms with Gasteiger partial charge in [-0.05, 0) is 60.7 Å². The van der Waals surface area contributed by atoms with E-state index in [0.29, 0.717) is 89.5 Å². The van der Waals surface area contributed by atoms with Crippen molar-refractivity contribution in [1.29, 1.82) is 0 Å². The zero-order valence-corrected chi connectivity index (χ0v) is 31.2. The molecule has 5 heterocycles. The number of fused-ring (bicyclic) bond motifs is 5. The van der Waals surface area contributed by atoms with E-state index in [1.807, 2.05) is 6.08 Å². The van der Waals surface area contributed by atoms with Crippen molar-refractivity contribution < 1.29 is 39.6 Å². The highest BCUT2D eigenvalue weighted by Gasteiger charge is 2.30. The summed E-state index contributed by atoms with van der Waals surface area (Å²) in [5.41, 5.74) is 5.26. The van der Waals surface area contributed by atoms with E-state index in [4.69, 9.17) is 15.0 Å². The highest BCUT2D eigenvalue weighted by Crippen LogP contribution is 2.40. The van der Waals surface area contributed by atoms with Gasteiger partial charge in [0.05, 0.1) is 56.5 Å². The average Bonchev–Trinajstić information content (AvgIpc) is 4.09. The van der Waals surface area contributed by atoms with Crippen LogP contribution in [0.1, 0.15) is 70.1 Å². The largest absolute Gasteiger partial charge is 0.478 e. The number of carboxylic acids is 4. The molecule has 0 saturated carbocycles. The van der Waals surface area contributed by atoms with Crippen LogP contribution in [0.2, 0.25) is 0 Å². The topological polar surface area (TPSA) is 202 Å². The molecule has 290 valence electrons. The first-order chi connectivity index (χ1) is 29.1. The number of carbonyl (C=O) groups is 4. The maximum absolute atomic E-state index is 12.7. The highest BCUT2D eigenvalue weighted by molar-refractivity contribution is 6.35. The maximum Gasteiger partial charge on any atom is 0.336 e. The number of allylic oxidation sites excluding steroid dienone is 7. The lowest BCUT2D eigenvalue weighted by atomic mass is 9.93. The predicted octanol–water partition coefficient (Wildman–Crippen LogP) is 6.79. The fraction of sp³-hybridized carbons (Fsp3) is 0.0208. The van der Waals surface area contributed by atoms with E-state index in [1.165, 1.54) is 24.3 Å². The number of hydrogen-bond acceptors (Lipinski definition) is 7. The van der Waals surface area contributed by atoms with Crippen LogP contribution in [0.5, 0.6) is 0 Å². The second-order valence-corrected chi connectivity index (χ2v) is 14.0. The maximum atomic E-state index is 12.7. The Bertz CT molecular complexity index is 3190. The smallest absolute Gasteiger partial charge is 0.336 e. The van der Waals surface area contributed by atoms with Crippen LogP contribution in [0.15, 0.2) is 172 Å². The van der Waals surface area contributed by atoms with E-state index in [1.54, 1.807) is 109 Å². The van der Waals surface area contributed by atoms with Gasteiger partial charge in [-0.15, -0.1) is 0 Å². The molecule has 0 saturated heterocycles. The molecule has 5 aromatic rings. The fourth-order valence-corrected chi connectivity index (χ4v) is 7.95. The van der Waals surface area contributed by atoms with Gasteiger partial charge < -0.3 is 25.4 Å². The third-order valence-electron chi connectivity index (χ3n) is 10.5. The third-order valence-corrected chi connectivity index (χ3v) is 10.5. The first-order valence-electron chi connectivity index (χ1n) is 18.6. The van der Waals surface area contributed by atoms with Crippen LogP contribution >= 0.6 is 0 Å². The van der Waals surface area contributed by atoms with Crippen molar-refractivity contribution >= 4 is 63.3 Å². The van der Waals surface area contributed by atoms with Crippen molar-refractivity contribution in [3.63, 3.8) is 0 Å². The van der Waals surface area contributed by atoms with Gasteiger partial charge in [-0.3, -0.25) is 4.99 Å². The van der Waals surface area contributed by atoms with Crippen LogP contribution in [-0.4, -0.2) is 66.4 Å². The molecule has 4 aromatic carbocycles. The van der Waals surface area contributed by atoms with Crippen LogP contribution in [0, 0.1) is 0 Å². The number of nitrogens with zero attached hydrogens (tertiary/aromatic N) is 3. The van der Waals surface area contributed by atoms with Crippen molar-refractivity contribution in [2.75, 3.05) is 0 Å². The van der Waals surface area contributed by atoms with Crippen molar-refractivity contribution in [3.05, 3.63) is 212 Å². The standard InChI is InChI=1S/C48H30N4O8/c53-45(54)29-13-5-1-9-25(29)41-33-17-19-35(49-33)42(26-10-2-6-14-30(26)46(55)56)37-21-23-39(51-37)44(28-12-4-8-16-32(28)48(59)60)40-24-22-38(52-40)43(36-20-18-34(41)50-36)27-11-3-7-15-31(27)47(57)58/h1-23,49H,24H2,(H,53,54)(H,55,56)(H,57,58)(H,59,60). The number of rotatable bonds is 8. The van der Waals surface area contributed by atoms with Gasteiger partial charge in [0.25, 0.3) is 0 Å². The fourth-order valence-electron chi connectivity index (χ4n) is 7.95. The zero-order chi connectivity index (χ0) is 41.7. The Hall–Kier alpha value is -8.51. The third kappa shape index (κ3) is 6.34. The number of hydrogen-bond donors (Lipinski definition) is 5. The van der Waals surface area contributed by atoms with Crippen molar-refractivity contribution in [2.24, 2.45) is 15.0 Å². The summed E-state index contributed by atoms with van der Waals surface area (Å²) in [6.07, 6.45) is 8.93. The van der Waals surface area contributed by atoms with Crippen LogP contribution in [0.3, 0.4) is 0 Å². The van der Waals surface area contributed by atoms with E-state index in [0.717, 1.165) is 0 Å². The molecule has 5 N–H and O–H groups in total. The second kappa shape index (κ2) is 14.8. The molecule has 8 bridgehead atoms. The van der Waals surface area contributed by atoms with Crippen molar-refractivity contribution in [2.45, 2.75) is 6.42 Å². The number of carboxylic acid groups (broad SMARTS) is 4. The summed E-state index contributed by atoms with van der Waals surface area (Å²) in [6.45, 7) is 0. The lowest BCUT2D eigenvalue weighted by Gasteiger charge is -2.15. The summed E-state index contributed by atoms with van der Waals surface area (Å²) < 4.78 is 0. The molecule has 0 radical (unpaired) electrons. The summed E-state index contributed by atoms with van der Waals surface area (Å²) in [4.78, 5) is 69.6. The summed E-state index contributed by atoms with van der Waals surface area (Å²) in [5, 5.41) is 42.4. The molecular formula is C48H30N4O8. The zero-order valence-electron chi connectivity index (χ0n) is 31.2. The van der Waals surface area contributed by atoms with Gasteiger partial charge in [-0.2, -0.15) is 0 Å². The highest BCUT2D eigenvalue weighted by atomic mass is 16.4. The van der Waals surface area contributed by atoms with E-state index in [9.17, 15) is 39.6 Å². The monoisotopic (exact) mass is 790 g/mol. The number of aromatic nitrogens is 1. The Morgan fingerprint density at radius 3 is 1.22 bits per heavy atom. The normalized spacial score (nSPS) is 15.5. The van der Waals surface area contributed by atoms with Gasteiger partial charge in [0.15, 0.2) is 0 Å². The van der Waals surface area contributed by atoms with Crippen LogP contribution in [0.4, 0.5) is 0 Å². The van der Waals surface area contributed by atoms with Crippen molar-refractivity contribution in [1.82, 2.24) is 4.98 Å². The molecule has 0 spiro atoms. The number of benzene rings is 4. The lowest BCUT2D eigenvalue weighted by molar-refractivity contribution is 0.0685. The summed E-state index contributed by atoms with van der Waals surface area (Å²) in [7, 11) is 0. The summed E-state index contributed by atoms with van der Waals surface area (Å²) >= 11 is 0. The molecule has 60 heavy (non-hydrogen) atoms. The predicted molar refractivity (Wildman–Crippen MR) is 226 cm³/mol. The molecular weight excluding hydrogens is 761 g/mol. The van der Waals surface area contributed by atoms with Crippen LogP contribution in [0.25, 0.3) is 22.3 Å². The minimum Gasteiger partial charge on any atom is -0.478 e. The number of nitrogens with one attached hydrogen (secondary N) is 1. The average molecular weight is 791 g/mol. The molecule has 0 aliphatic carbocycles. The van der Waals surface area contributed by atoms with Gasteiger partial charge in [0.1, 0.15) is 0 Å². The minimum absolute atomic E-state index is 0.00193. The summed E-state index contributed by atoms with van der Waals surface area (Å²) in [5.74, 6) is -4.68. The Balaban J connectivity index is 1.46. The first kappa shape index (κ1) is 37.1. The number of H-pyrrole nitrogens is 1. The SMILES string of the molecule is O=C(O)c1ccccc1C1=C2C=CC(=N2)C(c2ccccc2C(=O)O)=c2ccc([nH]2)=C(c2ccccc2C(=O)O)C2=NC(=C(c3ccccc3C(=O)O)C3=NC1=CC3)C=C2. The Morgan fingerprint density at radius 1 is 0.433 bits per heavy atom. The van der Waals surface area contributed by atoms with Gasteiger partial charge in [0, 0.05) is 61.7 Å². The van der Waals surface area contributed by atoms with Crippen LogP contribution < -0.4 is 10.7 Å². The molecule has 9 rings (SSSR count). The number of aromatic amines is 1. The van der Waals surface area contributed by atoms with E-state index >= 15 is 0 Å². The number of aliphatic imine (C=N–C) groups is 3. The quantitative estimate of drug-likeness (QED) is 0.113. The van der Waals surface area contributed by atoms with E-state index in [-0.39, 0.29) is 28.7 Å². The van der Waals surface area contributed by atoms with Gasteiger partial charge >= 0.3 is 23.9 Å². The van der Waals surface area contributed by atoms with Gasteiger partial charge in [-0.1, -0.05) is 78.9 Å². The molecule has 4 aliphatic heterocycles. The molecule has 0 amide bonds. The molecule has 12 heteroatoms. The van der Waals surface area contributed by atoms with Crippen molar-refractivity contribution in [3.8, 4) is 0 Å². The van der Waals surface area contributed by atoms with Gasteiger partial charge in [-0.25, -0.2) is 29.2 Å².